The zero-order valence-corrected chi connectivity index (χ0v) is 10.4. The van der Waals surface area contributed by atoms with Crippen LogP contribution in [0, 0.1) is 13.8 Å². The Morgan fingerprint density at radius 1 is 1.38 bits per heavy atom. The van der Waals surface area contributed by atoms with E-state index in [4.69, 9.17) is 4.52 Å². The second-order valence-corrected chi connectivity index (χ2v) is 4.22. The van der Waals surface area contributed by atoms with Gasteiger partial charge in [-0.05, 0) is 29.8 Å². The molecule has 2 aromatic heterocycles. The van der Waals surface area contributed by atoms with Crippen LogP contribution in [0.5, 0.6) is 0 Å². The van der Waals surface area contributed by atoms with Gasteiger partial charge in [0.25, 0.3) is 0 Å². The van der Waals surface area contributed by atoms with Crippen LogP contribution in [0.3, 0.4) is 0 Å². The molecule has 0 amide bonds. The van der Waals surface area contributed by atoms with Crippen molar-refractivity contribution in [1.29, 1.82) is 0 Å². The molecule has 6 heteroatoms. The third-order valence-corrected chi connectivity index (χ3v) is 3.04. The molecule has 0 aliphatic rings. The molecule has 0 aliphatic carbocycles. The number of hydrogen-bond acceptors (Lipinski definition) is 5. The van der Waals surface area contributed by atoms with Gasteiger partial charge in [0, 0.05) is 6.20 Å². The van der Waals surface area contributed by atoms with Gasteiger partial charge in [-0.1, -0.05) is 5.16 Å². The Morgan fingerprint density at radius 2 is 2.12 bits per heavy atom. The number of aliphatic hydroxyl groups excluding tert-OH is 1. The summed E-state index contributed by atoms with van der Waals surface area (Å²) in [6.07, 6.45) is 1.65. The smallest absolute Gasteiger partial charge is 0.209 e. The highest BCUT2D eigenvalue weighted by Crippen LogP contribution is 2.24. The van der Waals surface area contributed by atoms with Crippen LogP contribution in [-0.2, 0) is 6.61 Å². The van der Waals surface area contributed by atoms with E-state index in [1.54, 1.807) is 13.1 Å². The lowest BCUT2D eigenvalue weighted by molar-refractivity contribution is 0.280. The Kier molecular flexibility index (Phi) is 3.02. The first-order valence-corrected chi connectivity index (χ1v) is 5.48. The molecule has 16 heavy (non-hydrogen) atoms. The third kappa shape index (κ3) is 1.85. The fourth-order valence-corrected chi connectivity index (χ4v) is 1.50. The van der Waals surface area contributed by atoms with Gasteiger partial charge >= 0.3 is 0 Å². The summed E-state index contributed by atoms with van der Waals surface area (Å²) in [5.74, 6) is 0.862. The van der Waals surface area contributed by atoms with E-state index in [2.05, 4.69) is 31.1 Å². The Morgan fingerprint density at radius 3 is 2.75 bits per heavy atom. The normalized spacial score (nSPS) is 10.8. The van der Waals surface area contributed by atoms with Crippen molar-refractivity contribution in [1.82, 2.24) is 15.1 Å². The summed E-state index contributed by atoms with van der Waals surface area (Å²) >= 11 is 3.32. The van der Waals surface area contributed by atoms with E-state index in [1.807, 2.05) is 6.92 Å². The lowest BCUT2D eigenvalue weighted by Gasteiger charge is -2.00. The summed E-state index contributed by atoms with van der Waals surface area (Å²) in [5.41, 5.74) is 2.09. The first-order valence-electron chi connectivity index (χ1n) is 4.69. The number of nitrogens with zero attached hydrogens (tertiary/aromatic N) is 3. The van der Waals surface area contributed by atoms with Crippen molar-refractivity contribution < 1.29 is 9.63 Å². The largest absolute Gasteiger partial charge is 0.391 e. The van der Waals surface area contributed by atoms with Crippen LogP contribution in [0.15, 0.2) is 15.2 Å². The second-order valence-electron chi connectivity index (χ2n) is 3.36. The summed E-state index contributed by atoms with van der Waals surface area (Å²) < 4.78 is 5.95. The predicted octanol–water partition coefficient (Wildman–Crippen LogP) is 2.00. The zero-order valence-electron chi connectivity index (χ0n) is 8.86. The Hall–Kier alpha value is -1.27. The molecule has 0 atom stereocenters. The maximum atomic E-state index is 9.21. The molecule has 0 saturated carbocycles. The molecular formula is C10H10BrN3O2. The van der Waals surface area contributed by atoms with E-state index in [-0.39, 0.29) is 6.61 Å². The summed E-state index contributed by atoms with van der Waals surface area (Å²) in [6.45, 7) is 3.49. The zero-order chi connectivity index (χ0) is 11.7. The lowest BCUT2D eigenvalue weighted by Crippen LogP contribution is -1.95. The topological polar surface area (TPSA) is 72.0 Å². The van der Waals surface area contributed by atoms with Crippen LogP contribution in [0.2, 0.25) is 0 Å². The first kappa shape index (κ1) is 11.2. The van der Waals surface area contributed by atoms with Crippen molar-refractivity contribution in [2.75, 3.05) is 0 Å². The van der Waals surface area contributed by atoms with E-state index in [9.17, 15) is 5.11 Å². The standard InChI is InChI=1S/C10H10BrN3O2/c1-5-7(4-15)9(16-14-5)10-12-3-8(11)6(2)13-10/h3,15H,4H2,1-2H3. The van der Waals surface area contributed by atoms with Gasteiger partial charge in [0.05, 0.1) is 28.0 Å². The van der Waals surface area contributed by atoms with E-state index < -0.39 is 0 Å². The predicted molar refractivity (Wildman–Crippen MR) is 60.6 cm³/mol. The Balaban J connectivity index is 2.54. The third-order valence-electron chi connectivity index (χ3n) is 2.27. The fourth-order valence-electron chi connectivity index (χ4n) is 1.31. The SMILES string of the molecule is Cc1nc(-c2onc(C)c2CO)ncc1Br. The second kappa shape index (κ2) is 4.31. The number of aromatic nitrogens is 3. The van der Waals surface area contributed by atoms with Gasteiger partial charge in [0.15, 0.2) is 5.82 Å². The quantitative estimate of drug-likeness (QED) is 0.913. The molecule has 0 aromatic carbocycles. The average Bonchev–Trinajstić information content (AvgIpc) is 2.63. The van der Waals surface area contributed by atoms with Crippen LogP contribution in [0.25, 0.3) is 11.6 Å². The van der Waals surface area contributed by atoms with Gasteiger partial charge in [-0.3, -0.25) is 0 Å². The minimum absolute atomic E-state index is 0.136. The Labute approximate surface area is 101 Å². The highest BCUT2D eigenvalue weighted by Gasteiger charge is 2.16. The van der Waals surface area contributed by atoms with Gasteiger partial charge in [0.2, 0.25) is 5.76 Å². The average molecular weight is 284 g/mol. The highest BCUT2D eigenvalue weighted by molar-refractivity contribution is 9.10. The van der Waals surface area contributed by atoms with Crippen LogP contribution >= 0.6 is 15.9 Å². The molecule has 2 aromatic rings. The fraction of sp³-hybridized carbons (Fsp3) is 0.300. The molecule has 84 valence electrons. The van der Waals surface area contributed by atoms with Crippen LogP contribution in [0.1, 0.15) is 17.0 Å². The minimum Gasteiger partial charge on any atom is -0.391 e. The molecule has 0 unspecified atom stereocenters. The van der Waals surface area contributed by atoms with Gasteiger partial charge in [-0.2, -0.15) is 0 Å². The molecule has 0 bridgehead atoms. The van der Waals surface area contributed by atoms with Crippen molar-refractivity contribution in [2.24, 2.45) is 0 Å². The molecule has 5 nitrogen and oxygen atoms in total. The van der Waals surface area contributed by atoms with Crippen molar-refractivity contribution >= 4 is 15.9 Å². The van der Waals surface area contributed by atoms with Crippen LogP contribution < -0.4 is 0 Å². The van der Waals surface area contributed by atoms with E-state index in [1.165, 1.54) is 0 Å². The van der Waals surface area contributed by atoms with Crippen LogP contribution in [0.4, 0.5) is 0 Å². The first-order chi connectivity index (χ1) is 7.63. The van der Waals surface area contributed by atoms with E-state index >= 15 is 0 Å². The van der Waals surface area contributed by atoms with Gasteiger partial charge in [0.1, 0.15) is 0 Å². The molecular weight excluding hydrogens is 274 g/mol. The highest BCUT2D eigenvalue weighted by atomic mass is 79.9. The molecule has 0 aliphatic heterocycles. The number of halogens is 1. The van der Waals surface area contributed by atoms with Crippen molar-refractivity contribution in [3.05, 3.63) is 27.6 Å². The summed E-state index contributed by atoms with van der Waals surface area (Å²) in [4.78, 5) is 8.39. The molecule has 0 fully saturated rings. The van der Waals surface area contributed by atoms with Crippen LogP contribution in [-0.4, -0.2) is 20.2 Å². The minimum atomic E-state index is -0.136. The molecule has 0 radical (unpaired) electrons. The molecule has 2 rings (SSSR count). The number of rotatable bonds is 2. The van der Waals surface area contributed by atoms with Crippen molar-refractivity contribution in [3.8, 4) is 11.6 Å². The van der Waals surface area contributed by atoms with E-state index in [0.29, 0.717) is 22.8 Å². The number of hydrogen-bond donors (Lipinski definition) is 1. The monoisotopic (exact) mass is 283 g/mol. The summed E-state index contributed by atoms with van der Waals surface area (Å²) in [7, 11) is 0. The maximum absolute atomic E-state index is 9.21. The van der Waals surface area contributed by atoms with Gasteiger partial charge in [-0.15, -0.1) is 0 Å². The summed E-state index contributed by atoms with van der Waals surface area (Å²) in [5, 5.41) is 13.0. The van der Waals surface area contributed by atoms with Gasteiger partial charge in [-0.25, -0.2) is 9.97 Å². The molecule has 0 spiro atoms. The Bertz CT molecular complexity index is 525. The van der Waals surface area contributed by atoms with E-state index in [0.717, 1.165) is 10.2 Å². The number of aliphatic hydroxyl groups is 1. The molecule has 0 saturated heterocycles. The molecule has 1 N–H and O–H groups in total. The van der Waals surface area contributed by atoms with Crippen molar-refractivity contribution in [3.63, 3.8) is 0 Å². The van der Waals surface area contributed by atoms with Crippen molar-refractivity contribution in [2.45, 2.75) is 20.5 Å². The lowest BCUT2D eigenvalue weighted by atomic mass is 10.2. The number of aryl methyl sites for hydroxylation is 2. The maximum Gasteiger partial charge on any atom is 0.209 e. The molecule has 2 heterocycles. The summed E-state index contributed by atoms with van der Waals surface area (Å²) in [6, 6.07) is 0. The van der Waals surface area contributed by atoms with Gasteiger partial charge < -0.3 is 9.63 Å².